The quantitative estimate of drug-likeness (QED) is 0.363. The molecule has 6 N–H and O–H groups in total. The summed E-state index contributed by atoms with van der Waals surface area (Å²) in [7, 11) is 0. The average molecular weight is 356 g/mol. The van der Waals surface area contributed by atoms with Crippen LogP contribution in [-0.2, 0) is 9.59 Å². The highest BCUT2D eigenvalue weighted by atomic mass is 16.5. The topological polar surface area (TPSA) is 184 Å². The number of nitrogens with zero attached hydrogens (tertiary/aromatic N) is 3. The molecule has 2 rings (SSSR count). The van der Waals surface area contributed by atoms with Crippen molar-refractivity contribution in [2.45, 2.75) is 38.0 Å². The number of aromatic nitrogens is 2. The Bertz CT molecular complexity index is 643. The molecule has 1 saturated heterocycles. The molecule has 0 saturated carbocycles. The van der Waals surface area contributed by atoms with Crippen molar-refractivity contribution < 1.29 is 29.1 Å². The zero-order valence-corrected chi connectivity index (χ0v) is 13.5. The molecule has 12 nitrogen and oxygen atoms in total. The minimum atomic E-state index is -1.52. The monoisotopic (exact) mass is 356 g/mol. The number of carbonyl (C=O) groups is 3. The van der Waals surface area contributed by atoms with Gasteiger partial charge in [0.25, 0.3) is 11.8 Å². The van der Waals surface area contributed by atoms with Crippen LogP contribution in [0.25, 0.3) is 0 Å². The van der Waals surface area contributed by atoms with E-state index in [4.69, 9.17) is 15.4 Å². The second-order valence-electron chi connectivity index (χ2n) is 5.67. The molecule has 1 aliphatic rings. The van der Waals surface area contributed by atoms with E-state index in [0.29, 0.717) is 5.95 Å². The second kappa shape index (κ2) is 7.79. The number of amides is 3. The number of carbonyl (C=O) groups excluding carboxylic acids is 2. The maximum atomic E-state index is 12.0. The Labute approximate surface area is 142 Å². The summed E-state index contributed by atoms with van der Waals surface area (Å²) in [6, 6.07) is -3.47. The van der Waals surface area contributed by atoms with E-state index in [0.717, 1.165) is 19.5 Å². The van der Waals surface area contributed by atoms with E-state index in [-0.39, 0.29) is 12.3 Å². The molecule has 1 aromatic rings. The van der Waals surface area contributed by atoms with Gasteiger partial charge in [-0.05, 0) is 18.5 Å². The number of primary amides is 1. The molecule has 2 unspecified atom stereocenters. The SMILES string of the molecule is CC(O)C(NC(=O)N[C@@H](CC(N)=O)c1nc(N2CCC2)no1)C(=O)O. The Balaban J connectivity index is 2.06. The van der Waals surface area contributed by atoms with Crippen molar-refractivity contribution in [3.63, 3.8) is 0 Å². The summed E-state index contributed by atoms with van der Waals surface area (Å²) in [6.07, 6.45) is -0.633. The first-order valence-electron chi connectivity index (χ1n) is 7.62. The van der Waals surface area contributed by atoms with Gasteiger partial charge in [0.2, 0.25) is 5.91 Å². The zero-order valence-electron chi connectivity index (χ0n) is 13.5. The third-order valence-electron chi connectivity index (χ3n) is 3.61. The second-order valence-corrected chi connectivity index (χ2v) is 5.67. The molecule has 0 radical (unpaired) electrons. The summed E-state index contributed by atoms with van der Waals surface area (Å²) in [5.74, 6) is -1.82. The van der Waals surface area contributed by atoms with Gasteiger partial charge in [-0.2, -0.15) is 4.98 Å². The number of carboxylic acids is 1. The van der Waals surface area contributed by atoms with Gasteiger partial charge in [-0.15, -0.1) is 0 Å². The van der Waals surface area contributed by atoms with Crippen LogP contribution in [0.15, 0.2) is 4.52 Å². The van der Waals surface area contributed by atoms with E-state index < -0.39 is 36.1 Å². The van der Waals surface area contributed by atoms with Gasteiger partial charge in [0.15, 0.2) is 6.04 Å². The number of hydrogen-bond donors (Lipinski definition) is 5. The van der Waals surface area contributed by atoms with Crippen molar-refractivity contribution in [1.82, 2.24) is 20.8 Å². The predicted molar refractivity (Wildman–Crippen MR) is 82.5 cm³/mol. The average Bonchev–Trinajstić information content (AvgIpc) is 2.90. The Hall–Kier alpha value is -2.89. The molecule has 1 aliphatic heterocycles. The molecule has 3 atom stereocenters. The maximum absolute atomic E-state index is 12.0. The lowest BCUT2D eigenvalue weighted by molar-refractivity contribution is -0.141. The first-order valence-corrected chi connectivity index (χ1v) is 7.62. The molecule has 0 aliphatic carbocycles. The van der Waals surface area contributed by atoms with Crippen molar-refractivity contribution in [2.24, 2.45) is 5.73 Å². The van der Waals surface area contributed by atoms with E-state index in [1.54, 1.807) is 0 Å². The summed E-state index contributed by atoms with van der Waals surface area (Å²) in [6.45, 7) is 2.78. The number of carboxylic acid groups (broad SMARTS) is 1. The van der Waals surface area contributed by atoms with Crippen LogP contribution in [0.1, 0.15) is 31.7 Å². The number of rotatable bonds is 8. The fourth-order valence-corrected chi connectivity index (χ4v) is 2.14. The summed E-state index contributed by atoms with van der Waals surface area (Å²) in [5, 5.41) is 26.6. The van der Waals surface area contributed by atoms with E-state index in [9.17, 15) is 19.5 Å². The lowest BCUT2D eigenvalue weighted by Crippen LogP contribution is -2.52. The number of nitrogens with two attached hydrogens (primary N) is 1. The normalized spacial score (nSPS) is 17.1. The van der Waals surface area contributed by atoms with Crippen LogP contribution in [0.3, 0.4) is 0 Å². The molecule has 2 heterocycles. The number of anilines is 1. The molecule has 12 heteroatoms. The minimum Gasteiger partial charge on any atom is -0.480 e. The Morgan fingerprint density at radius 3 is 2.52 bits per heavy atom. The molecule has 0 spiro atoms. The predicted octanol–water partition coefficient (Wildman–Crippen LogP) is -1.67. The molecule has 3 amide bonds. The fourth-order valence-electron chi connectivity index (χ4n) is 2.14. The van der Waals surface area contributed by atoms with Gasteiger partial charge in [-0.3, -0.25) is 4.79 Å². The van der Waals surface area contributed by atoms with E-state index in [1.165, 1.54) is 6.92 Å². The van der Waals surface area contributed by atoms with Crippen LogP contribution in [-0.4, -0.2) is 63.5 Å². The highest BCUT2D eigenvalue weighted by molar-refractivity contribution is 5.83. The molecular weight excluding hydrogens is 336 g/mol. The molecule has 1 fully saturated rings. The van der Waals surface area contributed by atoms with Gasteiger partial charge >= 0.3 is 12.0 Å². The standard InChI is InChI=1S/C13H20N6O6/c1-6(20)9(11(22)23)16-13(24)15-7(5-8(14)21)10-17-12(18-25-10)19-3-2-4-19/h6-7,9,20H,2-5H2,1H3,(H2,14,21)(H,22,23)(H2,15,16,24)/t6?,7-,9?/m0/s1. The molecule has 1 aromatic heterocycles. The lowest BCUT2D eigenvalue weighted by atomic mass is 10.2. The molecule has 0 bridgehead atoms. The summed E-state index contributed by atoms with van der Waals surface area (Å²) in [4.78, 5) is 40.2. The van der Waals surface area contributed by atoms with Crippen molar-refractivity contribution >= 4 is 23.9 Å². The van der Waals surface area contributed by atoms with Crippen molar-refractivity contribution in [2.75, 3.05) is 18.0 Å². The first kappa shape index (κ1) is 18.4. The minimum absolute atomic E-state index is 0.0280. The molecular formula is C13H20N6O6. The van der Waals surface area contributed by atoms with Gasteiger partial charge in [0.1, 0.15) is 6.04 Å². The number of aliphatic carboxylic acids is 1. The van der Waals surface area contributed by atoms with Gasteiger partial charge in [-0.1, -0.05) is 0 Å². The Kier molecular flexibility index (Phi) is 5.75. The van der Waals surface area contributed by atoms with Gasteiger partial charge in [0, 0.05) is 13.1 Å². The van der Waals surface area contributed by atoms with Crippen LogP contribution in [0, 0.1) is 0 Å². The Morgan fingerprint density at radius 1 is 1.36 bits per heavy atom. The summed E-state index contributed by atoms with van der Waals surface area (Å²) < 4.78 is 5.07. The van der Waals surface area contributed by atoms with E-state index >= 15 is 0 Å². The number of nitrogens with one attached hydrogen (secondary N) is 2. The molecule has 138 valence electrons. The number of aliphatic hydroxyl groups excluding tert-OH is 1. The lowest BCUT2D eigenvalue weighted by Gasteiger charge is -2.28. The van der Waals surface area contributed by atoms with Crippen LogP contribution in [0.2, 0.25) is 0 Å². The fraction of sp³-hybridized carbons (Fsp3) is 0.615. The summed E-state index contributed by atoms with van der Waals surface area (Å²) in [5.41, 5.74) is 5.16. The number of aliphatic hydroxyl groups is 1. The van der Waals surface area contributed by atoms with Crippen molar-refractivity contribution in [3.05, 3.63) is 5.89 Å². The highest BCUT2D eigenvalue weighted by Crippen LogP contribution is 2.21. The highest BCUT2D eigenvalue weighted by Gasteiger charge is 2.29. The number of urea groups is 1. The summed E-state index contributed by atoms with van der Waals surface area (Å²) >= 11 is 0. The Morgan fingerprint density at radius 2 is 2.04 bits per heavy atom. The maximum Gasteiger partial charge on any atom is 0.328 e. The smallest absolute Gasteiger partial charge is 0.328 e. The largest absolute Gasteiger partial charge is 0.480 e. The van der Waals surface area contributed by atoms with Gasteiger partial charge < -0.3 is 36.0 Å². The van der Waals surface area contributed by atoms with E-state index in [2.05, 4.69) is 20.8 Å². The van der Waals surface area contributed by atoms with Crippen LogP contribution in [0.4, 0.5) is 10.7 Å². The zero-order chi connectivity index (χ0) is 18.6. The van der Waals surface area contributed by atoms with Gasteiger partial charge in [0.05, 0.1) is 12.5 Å². The molecule has 0 aromatic carbocycles. The first-order chi connectivity index (χ1) is 11.8. The third-order valence-corrected chi connectivity index (χ3v) is 3.61. The van der Waals surface area contributed by atoms with Crippen LogP contribution >= 0.6 is 0 Å². The molecule has 25 heavy (non-hydrogen) atoms. The number of hydrogen-bond acceptors (Lipinski definition) is 8. The van der Waals surface area contributed by atoms with Crippen molar-refractivity contribution in [1.29, 1.82) is 0 Å². The van der Waals surface area contributed by atoms with Crippen molar-refractivity contribution in [3.8, 4) is 0 Å². The van der Waals surface area contributed by atoms with Gasteiger partial charge in [-0.25, -0.2) is 9.59 Å². The van der Waals surface area contributed by atoms with E-state index in [1.807, 2.05) is 4.90 Å². The third kappa shape index (κ3) is 4.79. The van der Waals surface area contributed by atoms with Crippen LogP contribution < -0.4 is 21.3 Å². The van der Waals surface area contributed by atoms with Crippen LogP contribution in [0.5, 0.6) is 0 Å².